The molecule has 0 saturated heterocycles. The van der Waals surface area contributed by atoms with Crippen LogP contribution in [0.2, 0.25) is 0 Å². The predicted molar refractivity (Wildman–Crippen MR) is 109 cm³/mol. The van der Waals surface area contributed by atoms with Crippen molar-refractivity contribution in [2.24, 2.45) is 0 Å². The van der Waals surface area contributed by atoms with Crippen LogP contribution in [0.5, 0.6) is 0 Å². The fourth-order valence-corrected chi connectivity index (χ4v) is 3.42. The highest BCUT2D eigenvalue weighted by Gasteiger charge is 2.35. The van der Waals surface area contributed by atoms with E-state index in [1.54, 1.807) is 37.3 Å². The number of carboxylic acid groups (broad SMARTS) is 1. The number of carbonyl (C=O) groups excluding carboxylic acids is 1. The van der Waals surface area contributed by atoms with Crippen molar-refractivity contribution < 1.29 is 14.7 Å². The van der Waals surface area contributed by atoms with E-state index in [1.165, 1.54) is 0 Å². The first-order valence-electron chi connectivity index (χ1n) is 8.48. The second kappa shape index (κ2) is 9.13. The molecule has 1 unspecified atom stereocenters. The monoisotopic (exact) mass is 450 g/mol. The number of halogens is 1. The number of carboxylic acids is 1. The van der Waals surface area contributed by atoms with Crippen LogP contribution in [-0.2, 0) is 10.2 Å². The van der Waals surface area contributed by atoms with Gasteiger partial charge in [0.15, 0.2) is 5.78 Å². The van der Waals surface area contributed by atoms with Crippen LogP contribution in [0.15, 0.2) is 54.6 Å². The lowest BCUT2D eigenvalue weighted by Gasteiger charge is -2.26. The zero-order valence-corrected chi connectivity index (χ0v) is 16.5. The fraction of sp³-hybridized carbons (Fsp3) is 0.333. The Balaban J connectivity index is 2.28. The topological polar surface area (TPSA) is 54.4 Å². The zero-order valence-electron chi connectivity index (χ0n) is 14.4. The molecule has 0 amide bonds. The van der Waals surface area contributed by atoms with E-state index in [1.807, 2.05) is 24.3 Å². The Hall–Kier alpha value is -1.69. The van der Waals surface area contributed by atoms with Crippen LogP contribution in [0.4, 0.5) is 0 Å². The van der Waals surface area contributed by atoms with Crippen molar-refractivity contribution in [3.63, 3.8) is 0 Å². The number of hydrogen-bond acceptors (Lipinski definition) is 2. The largest absolute Gasteiger partial charge is 0.481 e. The molecular formula is C21H23IO3. The maximum atomic E-state index is 12.6. The van der Waals surface area contributed by atoms with Crippen LogP contribution in [0.25, 0.3) is 0 Å². The summed E-state index contributed by atoms with van der Waals surface area (Å²) in [5, 5.41) is 9.80. The van der Waals surface area contributed by atoms with E-state index in [4.69, 9.17) is 0 Å². The molecule has 0 aliphatic heterocycles. The van der Waals surface area contributed by atoms with E-state index in [9.17, 15) is 14.7 Å². The molecule has 132 valence electrons. The van der Waals surface area contributed by atoms with E-state index >= 15 is 0 Å². The molecule has 2 rings (SSSR count). The van der Waals surface area contributed by atoms with Gasteiger partial charge in [-0.05, 0) is 35.8 Å². The number of ketones is 1. The summed E-state index contributed by atoms with van der Waals surface area (Å²) in [5.41, 5.74) is 0.858. The first-order chi connectivity index (χ1) is 12.0. The SMILES string of the molecule is CC(CCCCCI)(C(=O)O)c1cccc(C(=O)c2ccccc2)c1. The number of carbonyl (C=O) groups is 2. The van der Waals surface area contributed by atoms with Crippen molar-refractivity contribution in [2.75, 3.05) is 4.43 Å². The summed E-state index contributed by atoms with van der Waals surface area (Å²) in [7, 11) is 0. The molecule has 1 atom stereocenters. The van der Waals surface area contributed by atoms with Crippen molar-refractivity contribution in [1.82, 2.24) is 0 Å². The second-order valence-electron chi connectivity index (χ2n) is 6.41. The predicted octanol–water partition coefficient (Wildman–Crippen LogP) is 5.26. The fourth-order valence-electron chi connectivity index (χ4n) is 2.88. The Morgan fingerprint density at radius 2 is 1.64 bits per heavy atom. The van der Waals surface area contributed by atoms with Gasteiger partial charge in [0.25, 0.3) is 0 Å². The summed E-state index contributed by atoms with van der Waals surface area (Å²) in [6, 6.07) is 16.1. The molecule has 0 heterocycles. The molecule has 0 bridgehead atoms. The second-order valence-corrected chi connectivity index (χ2v) is 7.49. The Labute approximate surface area is 162 Å². The van der Waals surface area contributed by atoms with Crippen LogP contribution in [0.3, 0.4) is 0 Å². The quantitative estimate of drug-likeness (QED) is 0.246. The van der Waals surface area contributed by atoms with Gasteiger partial charge in [-0.3, -0.25) is 9.59 Å². The Morgan fingerprint density at radius 1 is 0.960 bits per heavy atom. The number of unbranched alkanes of at least 4 members (excludes halogenated alkanes) is 2. The third kappa shape index (κ3) is 4.91. The molecule has 2 aromatic rings. The molecule has 1 N–H and O–H groups in total. The molecule has 0 aliphatic carbocycles. The number of aliphatic carboxylic acids is 1. The van der Waals surface area contributed by atoms with E-state index in [-0.39, 0.29) is 5.78 Å². The van der Waals surface area contributed by atoms with Gasteiger partial charge in [0, 0.05) is 11.1 Å². The molecule has 25 heavy (non-hydrogen) atoms. The molecule has 0 fully saturated rings. The van der Waals surface area contributed by atoms with Gasteiger partial charge in [-0.1, -0.05) is 84.0 Å². The Kier molecular flexibility index (Phi) is 7.17. The number of alkyl halides is 1. The third-order valence-corrected chi connectivity index (χ3v) is 5.34. The lowest BCUT2D eigenvalue weighted by molar-refractivity contribution is -0.143. The first-order valence-corrected chi connectivity index (χ1v) is 10.0. The van der Waals surface area contributed by atoms with Gasteiger partial charge >= 0.3 is 5.97 Å². The zero-order chi connectivity index (χ0) is 18.3. The van der Waals surface area contributed by atoms with Gasteiger partial charge < -0.3 is 5.11 Å². The summed E-state index contributed by atoms with van der Waals surface area (Å²) in [6.07, 6.45) is 3.56. The van der Waals surface area contributed by atoms with Crippen molar-refractivity contribution >= 4 is 34.3 Å². The molecular weight excluding hydrogens is 427 g/mol. The minimum atomic E-state index is -0.974. The van der Waals surface area contributed by atoms with Crippen molar-refractivity contribution in [2.45, 2.75) is 38.0 Å². The van der Waals surface area contributed by atoms with E-state index in [2.05, 4.69) is 22.6 Å². The van der Waals surface area contributed by atoms with Gasteiger partial charge in [0.2, 0.25) is 0 Å². The highest BCUT2D eigenvalue weighted by atomic mass is 127. The molecule has 2 aromatic carbocycles. The molecule has 3 nitrogen and oxygen atoms in total. The van der Waals surface area contributed by atoms with Gasteiger partial charge in [-0.25, -0.2) is 0 Å². The van der Waals surface area contributed by atoms with Gasteiger partial charge in [-0.2, -0.15) is 0 Å². The maximum absolute atomic E-state index is 12.6. The lowest BCUT2D eigenvalue weighted by atomic mass is 9.77. The molecule has 0 radical (unpaired) electrons. The third-order valence-electron chi connectivity index (χ3n) is 4.58. The smallest absolute Gasteiger partial charge is 0.313 e. The van der Waals surface area contributed by atoms with Gasteiger partial charge in [-0.15, -0.1) is 0 Å². The van der Waals surface area contributed by atoms with Gasteiger partial charge in [0.05, 0.1) is 5.41 Å². The number of benzene rings is 2. The van der Waals surface area contributed by atoms with Crippen LogP contribution >= 0.6 is 22.6 Å². The van der Waals surface area contributed by atoms with Crippen molar-refractivity contribution in [3.8, 4) is 0 Å². The van der Waals surface area contributed by atoms with Gasteiger partial charge in [0.1, 0.15) is 0 Å². The summed E-state index contributed by atoms with van der Waals surface area (Å²) in [5.74, 6) is -0.925. The molecule has 0 aromatic heterocycles. The lowest BCUT2D eigenvalue weighted by Crippen LogP contribution is -2.32. The molecule has 0 aliphatic rings. The average molecular weight is 450 g/mol. The highest BCUT2D eigenvalue weighted by Crippen LogP contribution is 2.31. The number of hydrogen-bond donors (Lipinski definition) is 1. The molecule has 4 heteroatoms. The van der Waals surface area contributed by atoms with E-state index in [0.717, 1.165) is 23.7 Å². The summed E-state index contributed by atoms with van der Waals surface area (Å²) in [4.78, 5) is 24.6. The van der Waals surface area contributed by atoms with E-state index < -0.39 is 11.4 Å². The molecule has 0 saturated carbocycles. The standard InChI is InChI=1S/C21H23IO3/c1-21(20(24)25,13-6-3-7-14-22)18-12-8-11-17(15-18)19(23)16-9-4-2-5-10-16/h2,4-5,8-12,15H,3,6-7,13-14H2,1H3,(H,24,25). The van der Waals surface area contributed by atoms with Crippen molar-refractivity contribution in [3.05, 3.63) is 71.3 Å². The van der Waals surface area contributed by atoms with Crippen LogP contribution in [0, 0.1) is 0 Å². The van der Waals surface area contributed by atoms with Crippen LogP contribution < -0.4 is 0 Å². The maximum Gasteiger partial charge on any atom is 0.313 e. The summed E-state index contributed by atoms with van der Waals surface area (Å²) >= 11 is 2.34. The van der Waals surface area contributed by atoms with Crippen LogP contribution in [0.1, 0.15) is 54.1 Å². The number of rotatable bonds is 9. The van der Waals surface area contributed by atoms with Crippen molar-refractivity contribution in [1.29, 1.82) is 0 Å². The van der Waals surface area contributed by atoms with E-state index in [0.29, 0.717) is 23.1 Å². The summed E-state index contributed by atoms with van der Waals surface area (Å²) in [6.45, 7) is 1.76. The first kappa shape index (κ1) is 19.6. The minimum absolute atomic E-state index is 0.0832. The highest BCUT2D eigenvalue weighted by molar-refractivity contribution is 14.1. The normalized spacial score (nSPS) is 13.2. The summed E-state index contributed by atoms with van der Waals surface area (Å²) < 4.78 is 1.09. The van der Waals surface area contributed by atoms with Crippen LogP contribution in [-0.4, -0.2) is 21.3 Å². The molecule has 0 spiro atoms. The Bertz CT molecular complexity index is 727. The minimum Gasteiger partial charge on any atom is -0.481 e. The average Bonchev–Trinajstić information content (AvgIpc) is 2.65. The Morgan fingerprint density at radius 3 is 2.28 bits per heavy atom.